The first-order valence-electron chi connectivity index (χ1n) is 8.82. The van der Waals surface area contributed by atoms with Gasteiger partial charge in [-0.25, -0.2) is 4.99 Å². The van der Waals surface area contributed by atoms with Crippen LogP contribution in [0.5, 0.6) is 17.2 Å². The van der Waals surface area contributed by atoms with Crippen LogP contribution in [-0.4, -0.2) is 51.8 Å². The summed E-state index contributed by atoms with van der Waals surface area (Å²) in [5.41, 5.74) is 0.361. The summed E-state index contributed by atoms with van der Waals surface area (Å²) < 4.78 is 80.8. The number of fused-ring (bicyclic) bond motifs is 1. The van der Waals surface area contributed by atoms with Crippen molar-refractivity contribution in [2.24, 2.45) is 4.99 Å². The fourth-order valence-electron chi connectivity index (χ4n) is 2.37. The van der Waals surface area contributed by atoms with Crippen LogP contribution in [0.4, 0.5) is 22.0 Å². The number of alkyl halides is 5. The molecule has 0 fully saturated rings. The molecule has 0 amide bonds. The van der Waals surface area contributed by atoms with Gasteiger partial charge in [0.25, 0.3) is 0 Å². The number of halogens is 6. The highest BCUT2D eigenvalue weighted by Crippen LogP contribution is 2.39. The van der Waals surface area contributed by atoms with Crippen molar-refractivity contribution >= 4 is 29.9 Å². The summed E-state index contributed by atoms with van der Waals surface area (Å²) >= 11 is 0. The largest absolute Gasteiger partial charge is 0.454 e. The molecule has 30 heavy (non-hydrogen) atoms. The molecule has 0 saturated heterocycles. The first kappa shape index (κ1) is 26.3. The monoisotopic (exact) mass is 555 g/mol. The van der Waals surface area contributed by atoms with Crippen molar-refractivity contribution in [1.29, 1.82) is 0 Å². The molecule has 2 rings (SSSR count). The van der Waals surface area contributed by atoms with Crippen molar-refractivity contribution in [2.75, 3.05) is 33.1 Å². The van der Waals surface area contributed by atoms with Crippen LogP contribution >= 0.6 is 24.0 Å². The Morgan fingerprint density at radius 1 is 1.20 bits per heavy atom. The Morgan fingerprint density at radius 2 is 1.90 bits per heavy atom. The normalized spacial score (nSPS) is 13.2. The smallest absolute Gasteiger partial charge is 0.411 e. The Kier molecular flexibility index (Phi) is 11.2. The molecule has 1 heterocycles. The number of rotatable bonds is 10. The third-order valence-electron chi connectivity index (χ3n) is 3.55. The Bertz CT molecular complexity index is 692. The third kappa shape index (κ3) is 9.36. The van der Waals surface area contributed by atoms with Crippen LogP contribution in [0.2, 0.25) is 0 Å². The molecular weight excluding hydrogens is 532 g/mol. The standard InChI is InChI=1S/C17H22F5N3O4.HI/c1-2-23-16(24-4-3-5-26-9-17(20,21)22)25-8-11-6-13-14(28-10-27-13)7-12(11)29-15(18)19;/h6-7,15H,2-5,8-10H2,1H3,(H2,23,24,25);1H. The quantitative estimate of drug-likeness (QED) is 0.151. The predicted octanol–water partition coefficient (Wildman–Crippen LogP) is 3.66. The van der Waals surface area contributed by atoms with E-state index in [1.165, 1.54) is 12.1 Å². The van der Waals surface area contributed by atoms with Gasteiger partial charge in [-0.05, 0) is 19.4 Å². The number of ether oxygens (including phenoxy) is 4. The number of benzene rings is 1. The van der Waals surface area contributed by atoms with E-state index < -0.39 is 19.4 Å². The van der Waals surface area contributed by atoms with Crippen LogP contribution in [0, 0.1) is 0 Å². The van der Waals surface area contributed by atoms with Gasteiger partial charge < -0.3 is 29.6 Å². The fourth-order valence-corrected chi connectivity index (χ4v) is 2.37. The second-order valence-electron chi connectivity index (χ2n) is 5.83. The molecule has 1 aliphatic rings. The highest BCUT2D eigenvalue weighted by molar-refractivity contribution is 14.0. The molecule has 7 nitrogen and oxygen atoms in total. The molecule has 0 radical (unpaired) electrons. The van der Waals surface area contributed by atoms with Crippen LogP contribution in [0.25, 0.3) is 0 Å². The first-order chi connectivity index (χ1) is 13.8. The van der Waals surface area contributed by atoms with Crippen LogP contribution in [0.3, 0.4) is 0 Å². The summed E-state index contributed by atoms with van der Waals surface area (Å²) in [4.78, 5) is 4.29. The summed E-state index contributed by atoms with van der Waals surface area (Å²) in [5, 5.41) is 5.89. The lowest BCUT2D eigenvalue weighted by atomic mass is 10.1. The van der Waals surface area contributed by atoms with Crippen molar-refractivity contribution in [3.63, 3.8) is 0 Å². The highest BCUT2D eigenvalue weighted by atomic mass is 127. The van der Waals surface area contributed by atoms with Gasteiger partial charge in [0.15, 0.2) is 17.5 Å². The minimum Gasteiger partial charge on any atom is -0.454 e. The van der Waals surface area contributed by atoms with Crippen LogP contribution in [0.15, 0.2) is 17.1 Å². The van der Waals surface area contributed by atoms with Gasteiger partial charge in [-0.2, -0.15) is 22.0 Å². The summed E-state index contributed by atoms with van der Waals surface area (Å²) in [6.45, 7) is -1.73. The van der Waals surface area contributed by atoms with Crippen molar-refractivity contribution < 1.29 is 40.9 Å². The molecule has 0 unspecified atom stereocenters. The second kappa shape index (κ2) is 12.8. The van der Waals surface area contributed by atoms with Gasteiger partial charge in [0, 0.05) is 31.3 Å². The Labute approximate surface area is 187 Å². The Hall–Kier alpha value is -1.77. The minimum absolute atomic E-state index is 0. The second-order valence-corrected chi connectivity index (χ2v) is 5.83. The molecule has 172 valence electrons. The van der Waals surface area contributed by atoms with E-state index in [4.69, 9.17) is 9.47 Å². The van der Waals surface area contributed by atoms with Crippen LogP contribution in [0.1, 0.15) is 18.9 Å². The zero-order chi connectivity index (χ0) is 21.3. The van der Waals surface area contributed by atoms with Crippen LogP contribution < -0.4 is 24.8 Å². The first-order valence-corrected chi connectivity index (χ1v) is 8.82. The van der Waals surface area contributed by atoms with Gasteiger partial charge in [0.2, 0.25) is 6.79 Å². The predicted molar refractivity (Wildman–Crippen MR) is 109 cm³/mol. The lowest BCUT2D eigenvalue weighted by Crippen LogP contribution is -2.38. The minimum atomic E-state index is -4.35. The maximum Gasteiger partial charge on any atom is 0.411 e. The van der Waals surface area contributed by atoms with E-state index in [1.54, 1.807) is 0 Å². The molecule has 0 atom stereocenters. The molecule has 0 bridgehead atoms. The average molecular weight is 555 g/mol. The Balaban J connectivity index is 0.00000450. The van der Waals surface area contributed by atoms with Crippen molar-refractivity contribution in [3.8, 4) is 17.2 Å². The molecule has 0 aromatic heterocycles. The zero-order valence-corrected chi connectivity index (χ0v) is 18.4. The van der Waals surface area contributed by atoms with Gasteiger partial charge in [-0.3, -0.25) is 0 Å². The topological polar surface area (TPSA) is 73.3 Å². The summed E-state index contributed by atoms with van der Waals surface area (Å²) in [6.07, 6.45) is -4.03. The third-order valence-corrected chi connectivity index (χ3v) is 3.55. The van der Waals surface area contributed by atoms with Crippen molar-refractivity contribution in [3.05, 3.63) is 17.7 Å². The number of hydrogen-bond donors (Lipinski definition) is 2. The number of nitrogens with zero attached hydrogens (tertiary/aromatic N) is 1. The molecular formula is C17H23F5IN3O4. The zero-order valence-electron chi connectivity index (χ0n) is 16.1. The van der Waals surface area contributed by atoms with Crippen molar-refractivity contribution in [1.82, 2.24) is 10.6 Å². The fraction of sp³-hybridized carbons (Fsp3) is 0.588. The number of hydrogen-bond acceptors (Lipinski definition) is 5. The average Bonchev–Trinajstić information content (AvgIpc) is 3.08. The van der Waals surface area contributed by atoms with E-state index in [2.05, 4.69) is 25.1 Å². The summed E-state index contributed by atoms with van der Waals surface area (Å²) in [7, 11) is 0. The van der Waals surface area contributed by atoms with Crippen LogP contribution in [-0.2, 0) is 11.3 Å². The van der Waals surface area contributed by atoms with E-state index in [-0.39, 0.29) is 49.7 Å². The molecule has 0 aliphatic carbocycles. The number of aliphatic imine (C=N–C) groups is 1. The van der Waals surface area contributed by atoms with E-state index in [1.807, 2.05) is 6.92 Å². The van der Waals surface area contributed by atoms with E-state index in [9.17, 15) is 22.0 Å². The lowest BCUT2D eigenvalue weighted by Gasteiger charge is -2.13. The molecule has 13 heteroatoms. The van der Waals surface area contributed by atoms with E-state index in [0.29, 0.717) is 42.5 Å². The molecule has 1 aromatic carbocycles. The molecule has 1 aromatic rings. The van der Waals surface area contributed by atoms with E-state index in [0.717, 1.165) is 0 Å². The van der Waals surface area contributed by atoms with Gasteiger partial charge in [-0.1, -0.05) is 0 Å². The number of nitrogens with one attached hydrogen (secondary N) is 2. The van der Waals surface area contributed by atoms with E-state index >= 15 is 0 Å². The molecule has 2 N–H and O–H groups in total. The molecule has 0 saturated carbocycles. The van der Waals surface area contributed by atoms with Gasteiger partial charge in [0.1, 0.15) is 12.4 Å². The number of guanidine groups is 1. The van der Waals surface area contributed by atoms with Gasteiger partial charge in [-0.15, -0.1) is 24.0 Å². The van der Waals surface area contributed by atoms with Gasteiger partial charge in [0.05, 0.1) is 6.54 Å². The maximum atomic E-state index is 12.7. The highest BCUT2D eigenvalue weighted by Gasteiger charge is 2.27. The molecule has 1 aliphatic heterocycles. The maximum absolute atomic E-state index is 12.7. The van der Waals surface area contributed by atoms with Crippen molar-refractivity contribution in [2.45, 2.75) is 32.7 Å². The summed E-state index contributed by atoms with van der Waals surface area (Å²) in [5.74, 6) is 0.988. The van der Waals surface area contributed by atoms with Gasteiger partial charge >= 0.3 is 12.8 Å². The SMILES string of the molecule is CCNC(=NCc1cc2c(cc1OC(F)F)OCO2)NCCCOCC(F)(F)F.I. The Morgan fingerprint density at radius 3 is 2.53 bits per heavy atom. The lowest BCUT2D eigenvalue weighted by molar-refractivity contribution is -0.173. The molecule has 0 spiro atoms. The summed E-state index contributed by atoms with van der Waals surface area (Å²) in [6, 6.07) is 2.83.